The number of hydrogen-bond acceptors (Lipinski definition) is 5. The van der Waals surface area contributed by atoms with Crippen LogP contribution < -0.4 is 11.1 Å². The molecule has 90 valence electrons. The van der Waals surface area contributed by atoms with E-state index in [-0.39, 0.29) is 0 Å². The van der Waals surface area contributed by atoms with Crippen LogP contribution in [0.4, 0.5) is 15.8 Å². The molecule has 3 aromatic rings. The first-order valence-corrected chi connectivity index (χ1v) is 6.86. The number of nitrogens with two attached hydrogens (primary N) is 1. The molecule has 0 saturated heterocycles. The predicted molar refractivity (Wildman–Crippen MR) is 79.3 cm³/mol. The Morgan fingerprint density at radius 1 is 1.22 bits per heavy atom. The number of fused-ring (bicyclic) bond motifs is 1. The van der Waals surface area contributed by atoms with E-state index in [2.05, 4.69) is 31.2 Å². The molecule has 18 heavy (non-hydrogen) atoms. The maximum absolute atomic E-state index is 5.66. The third-order valence-corrected chi connectivity index (χ3v) is 3.62. The molecule has 6 heteroatoms. The Morgan fingerprint density at radius 3 is 2.89 bits per heavy atom. The lowest BCUT2D eigenvalue weighted by Gasteiger charge is -2.06. The lowest BCUT2D eigenvalue weighted by Crippen LogP contribution is -1.92. The predicted octanol–water partition coefficient (Wildman–Crippen LogP) is 3.78. The van der Waals surface area contributed by atoms with Gasteiger partial charge in [-0.1, -0.05) is 23.5 Å². The average Bonchev–Trinajstić information content (AvgIpc) is 2.75. The lowest BCUT2D eigenvalue weighted by atomic mass is 10.2. The molecule has 0 aliphatic carbocycles. The van der Waals surface area contributed by atoms with Gasteiger partial charge in [0.2, 0.25) is 0 Å². The van der Waals surface area contributed by atoms with Gasteiger partial charge in [-0.05, 0) is 28.1 Å². The maximum Gasteiger partial charge on any atom is 0.189 e. The van der Waals surface area contributed by atoms with Gasteiger partial charge in [0, 0.05) is 16.1 Å². The number of nitrogens with one attached hydrogen (secondary N) is 1. The van der Waals surface area contributed by atoms with Gasteiger partial charge in [0.25, 0.3) is 0 Å². The van der Waals surface area contributed by atoms with Crippen molar-refractivity contribution in [1.29, 1.82) is 0 Å². The zero-order chi connectivity index (χ0) is 12.5. The van der Waals surface area contributed by atoms with Gasteiger partial charge in [0.05, 0.1) is 17.4 Å². The van der Waals surface area contributed by atoms with Crippen molar-refractivity contribution in [2.75, 3.05) is 11.1 Å². The highest BCUT2D eigenvalue weighted by molar-refractivity contribution is 9.10. The first-order chi connectivity index (χ1) is 8.72. The van der Waals surface area contributed by atoms with Crippen LogP contribution in [0.2, 0.25) is 0 Å². The second kappa shape index (κ2) is 4.55. The fourth-order valence-electron chi connectivity index (χ4n) is 1.69. The van der Waals surface area contributed by atoms with E-state index in [4.69, 9.17) is 5.73 Å². The van der Waals surface area contributed by atoms with E-state index in [0.717, 1.165) is 26.2 Å². The van der Waals surface area contributed by atoms with E-state index in [1.165, 1.54) is 11.3 Å². The number of nitrogens with zero attached hydrogens (tertiary/aromatic N) is 2. The minimum atomic E-state index is 0.688. The average molecular weight is 321 g/mol. The lowest BCUT2D eigenvalue weighted by molar-refractivity contribution is 1.36. The van der Waals surface area contributed by atoms with Crippen molar-refractivity contribution in [2.24, 2.45) is 0 Å². The zero-order valence-electron chi connectivity index (χ0n) is 9.22. The fourth-order valence-corrected chi connectivity index (χ4v) is 2.64. The number of anilines is 3. The number of thiazole rings is 1. The maximum atomic E-state index is 5.66. The Hall–Kier alpha value is -1.66. The molecule has 1 aromatic carbocycles. The molecular weight excluding hydrogens is 312 g/mol. The molecule has 0 spiro atoms. The molecule has 0 unspecified atom stereocenters. The Kier molecular flexibility index (Phi) is 2.89. The van der Waals surface area contributed by atoms with Gasteiger partial charge in [-0.25, -0.2) is 4.98 Å². The van der Waals surface area contributed by atoms with Crippen LogP contribution in [-0.4, -0.2) is 9.97 Å². The number of aromatic nitrogens is 2. The van der Waals surface area contributed by atoms with Gasteiger partial charge < -0.3 is 11.1 Å². The van der Waals surface area contributed by atoms with Gasteiger partial charge in [-0.3, -0.25) is 4.98 Å². The number of para-hydroxylation sites is 1. The zero-order valence-corrected chi connectivity index (χ0v) is 11.6. The van der Waals surface area contributed by atoms with Crippen LogP contribution in [0, 0.1) is 0 Å². The summed E-state index contributed by atoms with van der Waals surface area (Å²) >= 11 is 4.83. The minimum absolute atomic E-state index is 0.688. The second-order valence-corrected chi connectivity index (χ2v) is 5.70. The molecule has 2 heterocycles. The largest absolute Gasteiger partial charge is 0.389 e. The van der Waals surface area contributed by atoms with E-state index in [1.54, 1.807) is 12.4 Å². The van der Waals surface area contributed by atoms with Gasteiger partial charge >= 0.3 is 0 Å². The SMILES string of the molecule is Nc1cnc(Nc2cccc3cc(Br)cnc23)s1. The van der Waals surface area contributed by atoms with Crippen molar-refractivity contribution in [2.45, 2.75) is 0 Å². The molecule has 0 radical (unpaired) electrons. The van der Waals surface area contributed by atoms with Crippen LogP contribution in [0.5, 0.6) is 0 Å². The van der Waals surface area contributed by atoms with Crippen molar-refractivity contribution in [3.8, 4) is 0 Å². The molecule has 2 aromatic heterocycles. The monoisotopic (exact) mass is 320 g/mol. The van der Waals surface area contributed by atoms with E-state index in [9.17, 15) is 0 Å². The minimum Gasteiger partial charge on any atom is -0.389 e. The summed E-state index contributed by atoms with van der Waals surface area (Å²) in [5.74, 6) is 0. The first-order valence-electron chi connectivity index (χ1n) is 5.25. The molecule has 0 aliphatic heterocycles. The molecule has 3 N–H and O–H groups in total. The first kappa shape index (κ1) is 11.4. The topological polar surface area (TPSA) is 63.8 Å². The van der Waals surface area contributed by atoms with Crippen molar-refractivity contribution in [3.63, 3.8) is 0 Å². The highest BCUT2D eigenvalue weighted by Crippen LogP contribution is 2.29. The number of rotatable bonds is 2. The summed E-state index contributed by atoms with van der Waals surface area (Å²) in [6, 6.07) is 8.01. The van der Waals surface area contributed by atoms with Crippen LogP contribution in [0.1, 0.15) is 0 Å². The summed E-state index contributed by atoms with van der Waals surface area (Å²) < 4.78 is 0.964. The molecular formula is C12H9BrN4S. The van der Waals surface area contributed by atoms with Crippen LogP contribution >= 0.6 is 27.3 Å². The van der Waals surface area contributed by atoms with Crippen molar-refractivity contribution in [3.05, 3.63) is 41.1 Å². The normalized spacial score (nSPS) is 10.7. The summed E-state index contributed by atoms with van der Waals surface area (Å²) in [5, 5.41) is 5.76. The standard InChI is InChI=1S/C12H9BrN4S/c13-8-4-7-2-1-3-9(11(7)15-5-8)17-12-16-6-10(14)18-12/h1-6H,14H2,(H,16,17). The number of pyridine rings is 1. The summed E-state index contributed by atoms with van der Waals surface area (Å²) in [7, 11) is 0. The van der Waals surface area contributed by atoms with Crippen molar-refractivity contribution < 1.29 is 0 Å². The number of nitrogen functional groups attached to an aromatic ring is 1. The second-order valence-electron chi connectivity index (χ2n) is 3.72. The number of benzene rings is 1. The van der Waals surface area contributed by atoms with E-state index < -0.39 is 0 Å². The Morgan fingerprint density at radius 2 is 2.11 bits per heavy atom. The van der Waals surface area contributed by atoms with Crippen LogP contribution in [0.15, 0.2) is 41.1 Å². The highest BCUT2D eigenvalue weighted by Gasteiger charge is 2.05. The molecule has 0 aliphatic rings. The van der Waals surface area contributed by atoms with Crippen LogP contribution in [0.25, 0.3) is 10.9 Å². The van der Waals surface area contributed by atoms with Crippen molar-refractivity contribution in [1.82, 2.24) is 9.97 Å². The van der Waals surface area contributed by atoms with E-state index in [1.807, 2.05) is 24.3 Å². The number of halogens is 1. The molecule has 4 nitrogen and oxygen atoms in total. The highest BCUT2D eigenvalue weighted by atomic mass is 79.9. The smallest absolute Gasteiger partial charge is 0.189 e. The van der Waals surface area contributed by atoms with Gasteiger partial charge in [-0.15, -0.1) is 0 Å². The summed E-state index contributed by atoms with van der Waals surface area (Å²) in [4.78, 5) is 8.60. The molecule has 3 rings (SSSR count). The molecule has 0 fully saturated rings. The van der Waals surface area contributed by atoms with Gasteiger partial charge in [0.15, 0.2) is 5.13 Å². The Labute approximate surface area is 116 Å². The van der Waals surface area contributed by atoms with Gasteiger partial charge in [-0.2, -0.15) is 0 Å². The molecule has 0 bridgehead atoms. The van der Waals surface area contributed by atoms with Gasteiger partial charge in [0.1, 0.15) is 5.00 Å². The molecule has 0 saturated carbocycles. The summed E-state index contributed by atoms with van der Waals surface area (Å²) in [6.45, 7) is 0. The molecule has 0 amide bonds. The summed E-state index contributed by atoms with van der Waals surface area (Å²) in [6.07, 6.45) is 3.42. The Bertz CT molecular complexity index is 710. The quantitative estimate of drug-likeness (QED) is 0.754. The van der Waals surface area contributed by atoms with Crippen LogP contribution in [-0.2, 0) is 0 Å². The van der Waals surface area contributed by atoms with Crippen molar-refractivity contribution >= 4 is 54.0 Å². The Balaban J connectivity index is 2.06. The summed E-state index contributed by atoms with van der Waals surface area (Å²) in [5.41, 5.74) is 7.50. The third-order valence-electron chi connectivity index (χ3n) is 2.44. The third kappa shape index (κ3) is 2.16. The van der Waals surface area contributed by atoms with Crippen LogP contribution in [0.3, 0.4) is 0 Å². The van der Waals surface area contributed by atoms with E-state index >= 15 is 0 Å². The number of hydrogen-bond donors (Lipinski definition) is 2. The molecule has 0 atom stereocenters. The van der Waals surface area contributed by atoms with E-state index in [0.29, 0.717) is 5.00 Å². The fraction of sp³-hybridized carbons (Fsp3) is 0.